The van der Waals surface area contributed by atoms with E-state index < -0.39 is 7.12 Å². The second-order valence-corrected chi connectivity index (χ2v) is 5.24. The second-order valence-electron chi connectivity index (χ2n) is 5.24. The molecule has 2 aliphatic rings. The van der Waals surface area contributed by atoms with Crippen molar-refractivity contribution in [3.63, 3.8) is 0 Å². The van der Waals surface area contributed by atoms with Crippen molar-refractivity contribution in [1.82, 2.24) is 9.88 Å². The molecule has 2 unspecified atom stereocenters. The zero-order valence-electron chi connectivity index (χ0n) is 10.8. The van der Waals surface area contributed by atoms with E-state index in [0.717, 1.165) is 31.2 Å². The van der Waals surface area contributed by atoms with Crippen LogP contribution in [0.25, 0.3) is 0 Å². The maximum absolute atomic E-state index is 9.67. The fourth-order valence-corrected chi connectivity index (χ4v) is 3.00. The van der Waals surface area contributed by atoms with Crippen molar-refractivity contribution >= 4 is 26.0 Å². The number of aromatic nitrogens is 1. The molecular weight excluding hydrogens is 244 g/mol. The highest BCUT2D eigenvalue weighted by Gasteiger charge is 2.43. The lowest BCUT2D eigenvalue weighted by Gasteiger charge is -2.40. The summed E-state index contributed by atoms with van der Waals surface area (Å²) < 4.78 is 4.64. The van der Waals surface area contributed by atoms with Crippen LogP contribution in [0, 0.1) is 5.92 Å². The number of hydrogen-bond donors (Lipinski definition) is 2. The minimum Gasteiger partial charge on any atom is -0.449 e. The molecule has 0 saturated carbocycles. The molecule has 0 aliphatic carbocycles. The summed E-state index contributed by atoms with van der Waals surface area (Å²) in [7, 11) is 1.45. The van der Waals surface area contributed by atoms with Crippen molar-refractivity contribution in [3.8, 4) is 0 Å². The Morgan fingerprint density at radius 3 is 2.95 bits per heavy atom. The molecule has 3 heterocycles. The van der Waals surface area contributed by atoms with Crippen molar-refractivity contribution in [1.29, 1.82) is 0 Å². The molecule has 99 valence electrons. The second kappa shape index (κ2) is 5.13. The highest BCUT2D eigenvalue weighted by Crippen LogP contribution is 2.33. The summed E-state index contributed by atoms with van der Waals surface area (Å²) in [4.78, 5) is 8.78. The van der Waals surface area contributed by atoms with Crippen molar-refractivity contribution in [3.05, 3.63) is 18.5 Å². The quantitative estimate of drug-likeness (QED) is 0.614. The molecule has 19 heavy (non-hydrogen) atoms. The number of hydrogen-bond acceptors (Lipinski definition) is 6. The maximum Gasteiger partial charge on any atom is 0.478 e. The van der Waals surface area contributed by atoms with Gasteiger partial charge in [0.2, 0.25) is 0 Å². The van der Waals surface area contributed by atoms with Crippen LogP contribution < -0.4 is 10.4 Å². The molecule has 0 bridgehead atoms. The summed E-state index contributed by atoms with van der Waals surface area (Å²) in [6.07, 6.45) is 3.33. The number of pyridine rings is 1. The lowest BCUT2D eigenvalue weighted by molar-refractivity contribution is 0.0827. The van der Waals surface area contributed by atoms with E-state index in [1.807, 2.05) is 6.07 Å². The monoisotopic (exact) mass is 260 g/mol. The largest absolute Gasteiger partial charge is 0.478 e. The number of rotatable bonds is 4. The fraction of sp³-hybridized carbons (Fsp3) is 0.545. The van der Waals surface area contributed by atoms with Gasteiger partial charge in [0.1, 0.15) is 0 Å². The minimum atomic E-state index is -1.18. The van der Waals surface area contributed by atoms with Gasteiger partial charge in [-0.3, -0.25) is 4.98 Å². The Labute approximate surface area is 113 Å². The van der Waals surface area contributed by atoms with E-state index in [1.165, 1.54) is 6.20 Å². The summed E-state index contributed by atoms with van der Waals surface area (Å²) in [5.41, 5.74) is 1.52. The highest BCUT2D eigenvalue weighted by molar-refractivity contribution is 6.64. The Morgan fingerprint density at radius 1 is 1.42 bits per heavy atom. The lowest BCUT2D eigenvalue weighted by Crippen LogP contribution is -2.52. The Bertz CT molecular complexity index is 465. The van der Waals surface area contributed by atoms with Gasteiger partial charge in [0.15, 0.2) is 0 Å². The van der Waals surface area contributed by atoms with Crippen LogP contribution >= 0.6 is 0 Å². The third-order valence-corrected chi connectivity index (χ3v) is 4.08. The van der Waals surface area contributed by atoms with Gasteiger partial charge >= 0.3 is 14.8 Å². The molecule has 8 heteroatoms. The molecule has 2 aliphatic heterocycles. The van der Waals surface area contributed by atoms with Crippen molar-refractivity contribution in [2.45, 2.75) is 6.04 Å². The molecule has 6 nitrogen and oxygen atoms in total. The minimum absolute atomic E-state index is 0.488. The summed E-state index contributed by atoms with van der Waals surface area (Å²) in [5, 5.41) is 18.2. The molecule has 2 saturated heterocycles. The van der Waals surface area contributed by atoms with E-state index in [-0.39, 0.29) is 0 Å². The van der Waals surface area contributed by atoms with Gasteiger partial charge in [0.05, 0.1) is 11.9 Å². The average Bonchev–Trinajstić information content (AvgIpc) is 2.76. The van der Waals surface area contributed by atoms with Gasteiger partial charge in [-0.1, -0.05) is 0 Å². The van der Waals surface area contributed by atoms with Crippen LogP contribution in [0.3, 0.4) is 0 Å². The van der Waals surface area contributed by atoms with Crippen LogP contribution in [-0.2, 0) is 4.57 Å². The van der Waals surface area contributed by atoms with E-state index in [0.29, 0.717) is 19.2 Å². The van der Waals surface area contributed by atoms with E-state index in [2.05, 4.69) is 26.4 Å². The fourth-order valence-electron chi connectivity index (χ4n) is 3.00. The molecule has 0 amide bonds. The van der Waals surface area contributed by atoms with Crippen LogP contribution in [0.15, 0.2) is 18.5 Å². The van der Waals surface area contributed by atoms with Crippen LogP contribution in [0.2, 0.25) is 0 Å². The average molecular weight is 260 g/mol. The lowest BCUT2D eigenvalue weighted by atomic mass is 9.79. The molecule has 0 spiro atoms. The van der Waals surface area contributed by atoms with Crippen molar-refractivity contribution in [2.75, 3.05) is 31.6 Å². The Morgan fingerprint density at radius 2 is 2.26 bits per heavy atom. The zero-order chi connectivity index (χ0) is 13.4. The Balaban J connectivity index is 1.73. The Kier molecular flexibility index (Phi) is 3.49. The first-order chi connectivity index (χ1) is 9.19. The maximum atomic E-state index is 9.67. The van der Waals surface area contributed by atoms with Gasteiger partial charge in [0, 0.05) is 43.3 Å². The summed E-state index contributed by atoms with van der Waals surface area (Å²) in [5.74, 6) is 0.737. The van der Waals surface area contributed by atoms with Crippen LogP contribution in [0.4, 0.5) is 5.69 Å². The van der Waals surface area contributed by atoms with Crippen molar-refractivity contribution in [2.24, 2.45) is 5.92 Å². The number of likely N-dealkylation sites (N-methyl/N-ethyl adjacent to an activating group) is 1. The molecule has 2 atom stereocenters. The number of fused-ring (bicyclic) bond motifs is 1. The molecule has 1 aromatic heterocycles. The topological polar surface area (TPSA) is 69.1 Å². The van der Waals surface area contributed by atoms with Gasteiger partial charge < -0.3 is 24.4 Å². The van der Waals surface area contributed by atoms with Gasteiger partial charge in [0.25, 0.3) is 0 Å². The molecule has 0 aromatic carbocycles. The third kappa shape index (κ3) is 2.36. The van der Waals surface area contributed by atoms with Gasteiger partial charge in [-0.2, -0.15) is 0 Å². The van der Waals surface area contributed by atoms with Gasteiger partial charge in [-0.15, -0.1) is 0 Å². The van der Waals surface area contributed by atoms with Crippen LogP contribution in [-0.4, -0.2) is 67.5 Å². The molecule has 2 fully saturated rings. The molecule has 1 radical (unpaired) electrons. The third-order valence-electron chi connectivity index (χ3n) is 4.08. The van der Waals surface area contributed by atoms with E-state index in [4.69, 9.17) is 5.02 Å². The van der Waals surface area contributed by atoms with E-state index in [1.54, 1.807) is 6.20 Å². The van der Waals surface area contributed by atoms with E-state index in [9.17, 15) is 5.02 Å². The van der Waals surface area contributed by atoms with E-state index >= 15 is 0 Å². The molecule has 2 N–H and O–H groups in total. The Hall–Kier alpha value is -1.08. The predicted molar refractivity (Wildman–Crippen MR) is 73.0 cm³/mol. The normalized spacial score (nSPS) is 25.9. The standard InChI is InChI=1S/C11H16B2N3O3/c1-15-5-8-6-16(7-11(8)15)10-2-9(3-14-4-10)13(18)19-12-17/h2-4,8,11,17-18H,5-7H2,1H3. The van der Waals surface area contributed by atoms with Crippen molar-refractivity contribution < 1.29 is 14.6 Å². The smallest absolute Gasteiger partial charge is 0.449 e. The van der Waals surface area contributed by atoms with Gasteiger partial charge in [-0.05, 0) is 13.1 Å². The molecule has 3 rings (SSSR count). The number of anilines is 1. The first-order valence-electron chi connectivity index (χ1n) is 6.38. The number of likely N-dealkylation sites (tertiary alicyclic amines) is 1. The summed E-state index contributed by atoms with van der Waals surface area (Å²) in [6.45, 7) is 3.18. The highest BCUT2D eigenvalue weighted by atomic mass is 16.5. The summed E-state index contributed by atoms with van der Waals surface area (Å²) >= 11 is 0. The summed E-state index contributed by atoms with van der Waals surface area (Å²) in [6, 6.07) is 2.49. The first-order valence-corrected chi connectivity index (χ1v) is 6.38. The van der Waals surface area contributed by atoms with Gasteiger partial charge in [-0.25, -0.2) is 0 Å². The first kappa shape index (κ1) is 12.9. The molecule has 1 aromatic rings. The zero-order valence-corrected chi connectivity index (χ0v) is 10.8. The SMILES string of the molecule is CN1CC2CN(c3cncc(B(O)O[B]O)c3)CC21. The number of nitrogens with zero attached hydrogens (tertiary/aromatic N) is 3. The molecular formula is C11H16B2N3O3. The predicted octanol–water partition coefficient (Wildman–Crippen LogP) is -1.94. The van der Waals surface area contributed by atoms with Crippen LogP contribution in [0.5, 0.6) is 0 Å². The van der Waals surface area contributed by atoms with Crippen LogP contribution in [0.1, 0.15) is 0 Å².